The number of rotatable bonds is 6. The molecule has 5 rings (SSSR count). The summed E-state index contributed by atoms with van der Waals surface area (Å²) >= 11 is 0.815. The summed E-state index contributed by atoms with van der Waals surface area (Å²) in [6, 6.07) is 10.6. The number of aromatic nitrogens is 3. The highest BCUT2D eigenvalue weighted by Crippen LogP contribution is 2.42. The number of aliphatic imine (C=N–C) groups is 1. The Hall–Kier alpha value is -4.77. The fourth-order valence-corrected chi connectivity index (χ4v) is 5.35. The Balaban J connectivity index is 1.35. The van der Waals surface area contributed by atoms with Crippen molar-refractivity contribution in [1.29, 1.82) is 0 Å². The Morgan fingerprint density at radius 2 is 1.76 bits per heavy atom. The van der Waals surface area contributed by atoms with Gasteiger partial charge in [0.15, 0.2) is 17.1 Å². The number of hydrogen-bond acceptors (Lipinski definition) is 6. The molecule has 1 aliphatic rings. The lowest BCUT2D eigenvalue weighted by molar-refractivity contribution is -0.215. The van der Waals surface area contributed by atoms with E-state index in [1.54, 1.807) is 6.92 Å². The zero-order chi connectivity index (χ0) is 33.4. The van der Waals surface area contributed by atoms with Gasteiger partial charge in [-0.15, -0.1) is 5.10 Å². The Kier molecular flexibility index (Phi) is 8.90. The number of ether oxygens (including phenoxy) is 1. The maximum absolute atomic E-state index is 15.0. The Bertz CT molecular complexity index is 1820. The van der Waals surface area contributed by atoms with Gasteiger partial charge in [-0.1, -0.05) is 36.0 Å². The van der Waals surface area contributed by atoms with Crippen molar-refractivity contribution in [2.75, 3.05) is 23.1 Å². The van der Waals surface area contributed by atoms with Crippen LogP contribution < -0.4 is 10.2 Å². The highest BCUT2D eigenvalue weighted by molar-refractivity contribution is 8.15. The number of methoxy groups -OCH3 is 1. The topological polar surface area (TPSA) is 102 Å². The molecule has 17 heteroatoms. The van der Waals surface area contributed by atoms with Crippen molar-refractivity contribution < 1.29 is 45.1 Å². The number of benzene rings is 3. The van der Waals surface area contributed by atoms with Crippen LogP contribution in [-0.2, 0) is 15.7 Å². The van der Waals surface area contributed by atoms with Gasteiger partial charge in [0.1, 0.15) is 12.1 Å². The van der Waals surface area contributed by atoms with E-state index in [-0.39, 0.29) is 39.4 Å². The minimum absolute atomic E-state index is 0.0827. The molecule has 9 nitrogen and oxygen atoms in total. The number of aryl methyl sites for hydroxylation is 1. The second kappa shape index (κ2) is 12.6. The van der Waals surface area contributed by atoms with Gasteiger partial charge in [0.25, 0.3) is 0 Å². The number of alkyl halides is 6. The van der Waals surface area contributed by atoms with Crippen LogP contribution in [0.4, 0.5) is 46.9 Å². The van der Waals surface area contributed by atoms with Crippen LogP contribution in [-0.4, -0.2) is 50.9 Å². The van der Waals surface area contributed by atoms with Gasteiger partial charge < -0.3 is 10.1 Å². The number of amides is 3. The number of carbonyl (C=O) groups is 2. The number of anilines is 2. The summed E-state index contributed by atoms with van der Waals surface area (Å²) in [5, 5.41) is 6.18. The standard InChI is InChI=1S/C29H21F7N6O3S/c1-15-3-9-19(24(45-2)29(34,35)36)22(11-15)42-23(43)13-46-27(42)39-26(44)38-21-10-8-18(12-20(21)30)41-14-37-25(40-41)16-4-6-17(7-5-16)28(31,32)33/h3-12,14,24H,13H2,1-2H3,(H,38,44). The first-order valence-electron chi connectivity index (χ1n) is 13.1. The average Bonchev–Trinajstić information content (AvgIpc) is 3.61. The summed E-state index contributed by atoms with van der Waals surface area (Å²) < 4.78 is 101. The molecule has 3 aromatic carbocycles. The van der Waals surface area contributed by atoms with Crippen molar-refractivity contribution in [2.24, 2.45) is 4.99 Å². The van der Waals surface area contributed by atoms with Gasteiger partial charge in [-0.3, -0.25) is 9.69 Å². The second-order valence-electron chi connectivity index (χ2n) is 9.81. The van der Waals surface area contributed by atoms with E-state index in [0.717, 1.165) is 42.0 Å². The van der Waals surface area contributed by atoms with Crippen LogP contribution in [0.3, 0.4) is 0 Å². The normalized spacial score (nSPS) is 15.5. The van der Waals surface area contributed by atoms with Gasteiger partial charge in [0.2, 0.25) is 5.91 Å². The summed E-state index contributed by atoms with van der Waals surface area (Å²) in [5.74, 6) is -1.67. The largest absolute Gasteiger partial charge is 0.418 e. The molecule has 1 saturated heterocycles. The first kappa shape index (κ1) is 32.6. The predicted molar refractivity (Wildman–Crippen MR) is 155 cm³/mol. The molecule has 240 valence electrons. The lowest BCUT2D eigenvalue weighted by Gasteiger charge is -2.26. The lowest BCUT2D eigenvalue weighted by Crippen LogP contribution is -2.33. The predicted octanol–water partition coefficient (Wildman–Crippen LogP) is 7.32. The van der Waals surface area contributed by atoms with Crippen molar-refractivity contribution in [1.82, 2.24) is 14.8 Å². The molecule has 0 saturated carbocycles. The third-order valence-corrected chi connectivity index (χ3v) is 7.55. The molecule has 1 fully saturated rings. The smallest absolute Gasteiger partial charge is 0.367 e. The Labute approximate surface area is 260 Å². The number of carbonyl (C=O) groups excluding carboxylic acids is 2. The zero-order valence-electron chi connectivity index (χ0n) is 23.7. The summed E-state index contributed by atoms with van der Waals surface area (Å²) in [6.45, 7) is 1.61. The van der Waals surface area contributed by atoms with Crippen molar-refractivity contribution in [3.63, 3.8) is 0 Å². The molecule has 4 aromatic rings. The van der Waals surface area contributed by atoms with Crippen molar-refractivity contribution in [3.05, 3.63) is 89.5 Å². The van der Waals surface area contributed by atoms with E-state index in [2.05, 4.69) is 25.1 Å². The van der Waals surface area contributed by atoms with E-state index in [9.17, 15) is 35.9 Å². The molecule has 1 unspecified atom stereocenters. The number of thioether (sulfide) groups is 1. The molecule has 0 spiro atoms. The van der Waals surface area contributed by atoms with Crippen LogP contribution in [0.1, 0.15) is 22.8 Å². The maximum atomic E-state index is 15.0. The molecule has 0 bridgehead atoms. The van der Waals surface area contributed by atoms with E-state index < -0.39 is 41.8 Å². The van der Waals surface area contributed by atoms with Gasteiger partial charge in [-0.2, -0.15) is 31.3 Å². The molecule has 0 aliphatic carbocycles. The van der Waals surface area contributed by atoms with Gasteiger partial charge >= 0.3 is 18.4 Å². The van der Waals surface area contributed by atoms with E-state index in [4.69, 9.17) is 0 Å². The number of nitrogens with zero attached hydrogens (tertiary/aromatic N) is 5. The molecule has 1 aliphatic heterocycles. The van der Waals surface area contributed by atoms with Gasteiger partial charge in [-0.25, -0.2) is 18.9 Å². The van der Waals surface area contributed by atoms with Crippen LogP contribution in [0.15, 0.2) is 72.0 Å². The highest BCUT2D eigenvalue weighted by Gasteiger charge is 2.44. The van der Waals surface area contributed by atoms with Gasteiger partial charge in [0.05, 0.1) is 28.4 Å². The van der Waals surface area contributed by atoms with Crippen LogP contribution >= 0.6 is 11.8 Å². The van der Waals surface area contributed by atoms with Crippen molar-refractivity contribution >= 4 is 40.2 Å². The molecule has 1 N–H and O–H groups in total. The molecule has 1 aromatic heterocycles. The Morgan fingerprint density at radius 3 is 2.39 bits per heavy atom. The molecule has 0 radical (unpaired) electrons. The van der Waals surface area contributed by atoms with E-state index in [1.165, 1.54) is 53.5 Å². The fraction of sp³-hybridized carbons (Fsp3) is 0.207. The molecular weight excluding hydrogens is 645 g/mol. The molecule has 2 heterocycles. The summed E-state index contributed by atoms with van der Waals surface area (Å²) in [6.07, 6.45) is -10.4. The molecule has 1 atom stereocenters. The highest BCUT2D eigenvalue weighted by atomic mass is 32.2. The third-order valence-electron chi connectivity index (χ3n) is 6.63. The summed E-state index contributed by atoms with van der Waals surface area (Å²) in [4.78, 5) is 34.3. The van der Waals surface area contributed by atoms with Crippen LogP contribution in [0.2, 0.25) is 0 Å². The lowest BCUT2D eigenvalue weighted by atomic mass is 10.0. The van der Waals surface area contributed by atoms with Crippen LogP contribution in [0.5, 0.6) is 0 Å². The molecule has 3 amide bonds. The Morgan fingerprint density at radius 1 is 1.04 bits per heavy atom. The van der Waals surface area contributed by atoms with Gasteiger partial charge in [0, 0.05) is 24.3 Å². The van der Waals surface area contributed by atoms with E-state index >= 15 is 4.39 Å². The number of amidine groups is 1. The number of urea groups is 1. The first-order valence-corrected chi connectivity index (χ1v) is 14.1. The molecular formula is C29H21F7N6O3S. The quantitative estimate of drug-likeness (QED) is 0.217. The second-order valence-corrected chi connectivity index (χ2v) is 10.8. The van der Waals surface area contributed by atoms with Crippen LogP contribution in [0, 0.1) is 12.7 Å². The van der Waals surface area contributed by atoms with E-state index in [0.29, 0.717) is 11.1 Å². The van der Waals surface area contributed by atoms with Crippen molar-refractivity contribution in [3.8, 4) is 17.1 Å². The monoisotopic (exact) mass is 666 g/mol. The van der Waals surface area contributed by atoms with Gasteiger partial charge in [-0.05, 0) is 42.8 Å². The number of halogens is 7. The van der Waals surface area contributed by atoms with E-state index in [1.807, 2.05) is 0 Å². The molecule has 46 heavy (non-hydrogen) atoms. The van der Waals surface area contributed by atoms with Crippen LogP contribution in [0.25, 0.3) is 17.1 Å². The SMILES string of the molecule is COC(c1ccc(C)cc1N1C(=O)CSC1=NC(=O)Nc1ccc(-n2cnc(-c3ccc(C(F)(F)F)cc3)n2)cc1F)C(F)(F)F. The number of hydrogen-bond donors (Lipinski definition) is 1. The minimum Gasteiger partial charge on any atom is -0.367 e. The zero-order valence-corrected chi connectivity index (χ0v) is 24.5. The summed E-state index contributed by atoms with van der Waals surface area (Å²) in [5.41, 5.74) is -0.681. The minimum atomic E-state index is -4.80. The van der Waals surface area contributed by atoms with Crippen molar-refractivity contribution in [2.45, 2.75) is 25.4 Å². The fourth-order valence-electron chi connectivity index (χ4n) is 4.49. The third kappa shape index (κ3) is 6.89. The maximum Gasteiger partial charge on any atom is 0.418 e. The first-order chi connectivity index (χ1) is 21.7. The average molecular weight is 667 g/mol. The summed E-state index contributed by atoms with van der Waals surface area (Å²) in [7, 11) is 0.881. The number of nitrogens with one attached hydrogen (secondary N) is 1.